The van der Waals surface area contributed by atoms with E-state index in [-0.39, 0.29) is 0 Å². The van der Waals surface area contributed by atoms with Crippen molar-refractivity contribution in [3.8, 4) is 12.3 Å². The highest BCUT2D eigenvalue weighted by molar-refractivity contribution is 5.08. The van der Waals surface area contributed by atoms with Crippen LogP contribution in [-0.2, 0) is 0 Å². The van der Waals surface area contributed by atoms with Crippen LogP contribution >= 0.6 is 0 Å². The summed E-state index contributed by atoms with van der Waals surface area (Å²) in [6, 6.07) is 0. The molecule has 0 fully saturated rings. The molecule has 0 radical (unpaired) electrons. The second kappa shape index (κ2) is 13.2. The molecule has 0 heterocycles. The molecule has 0 heteroatoms. The van der Waals surface area contributed by atoms with E-state index in [1.54, 1.807) is 0 Å². The van der Waals surface area contributed by atoms with Crippen molar-refractivity contribution in [2.45, 2.75) is 79.6 Å². The van der Waals surface area contributed by atoms with E-state index in [0.29, 0.717) is 0 Å². The highest BCUT2D eigenvalue weighted by atomic mass is 14.0. The van der Waals surface area contributed by atoms with Gasteiger partial charge in [0.25, 0.3) is 0 Å². The first kappa shape index (κ1) is 20.5. The van der Waals surface area contributed by atoms with E-state index in [4.69, 9.17) is 6.42 Å². The van der Waals surface area contributed by atoms with Gasteiger partial charge in [0, 0.05) is 6.42 Å². The van der Waals surface area contributed by atoms with Crippen molar-refractivity contribution >= 4 is 0 Å². The Balaban J connectivity index is 3.97. The van der Waals surface area contributed by atoms with Crippen molar-refractivity contribution in [2.24, 2.45) is 0 Å². The van der Waals surface area contributed by atoms with Crippen molar-refractivity contribution < 1.29 is 0 Å². The molecule has 0 saturated carbocycles. The summed E-state index contributed by atoms with van der Waals surface area (Å²) in [5.41, 5.74) is 5.83. The van der Waals surface area contributed by atoms with E-state index in [2.05, 4.69) is 64.8 Å². The molecular weight excluding hydrogens is 264 g/mol. The summed E-state index contributed by atoms with van der Waals surface area (Å²) >= 11 is 0. The zero-order valence-corrected chi connectivity index (χ0v) is 15.3. The smallest absolute Gasteiger partial charge is 0.0269 e. The Morgan fingerprint density at radius 1 is 0.682 bits per heavy atom. The Bertz CT molecular complexity index is 457. The molecule has 0 atom stereocenters. The van der Waals surface area contributed by atoms with Crippen LogP contribution in [0.4, 0.5) is 0 Å². The number of terminal acetylenes is 1. The minimum atomic E-state index is 0.755. The molecule has 0 amide bonds. The SMILES string of the molecule is C#CC/C=C(\C)CC/C=C(\C)CC/C=C(\C)CCC=C(C)C. The second-order valence-corrected chi connectivity index (χ2v) is 6.46. The minimum Gasteiger partial charge on any atom is -0.120 e. The Hall–Kier alpha value is -1.48. The number of hydrogen-bond donors (Lipinski definition) is 0. The summed E-state index contributed by atoms with van der Waals surface area (Å²) in [6.45, 7) is 11.0. The van der Waals surface area contributed by atoms with Gasteiger partial charge in [-0.1, -0.05) is 46.6 Å². The van der Waals surface area contributed by atoms with Crippen molar-refractivity contribution in [3.63, 3.8) is 0 Å². The van der Waals surface area contributed by atoms with Crippen LogP contribution in [0.25, 0.3) is 0 Å². The van der Waals surface area contributed by atoms with Gasteiger partial charge >= 0.3 is 0 Å². The maximum atomic E-state index is 5.26. The Kier molecular flexibility index (Phi) is 12.3. The lowest BCUT2D eigenvalue weighted by Gasteiger charge is -2.02. The molecule has 0 bridgehead atoms. The van der Waals surface area contributed by atoms with Gasteiger partial charge in [0.2, 0.25) is 0 Å². The van der Waals surface area contributed by atoms with E-state index in [9.17, 15) is 0 Å². The van der Waals surface area contributed by atoms with E-state index < -0.39 is 0 Å². The zero-order chi connectivity index (χ0) is 16.8. The normalized spacial score (nSPS) is 13.0. The third-order valence-corrected chi connectivity index (χ3v) is 3.72. The van der Waals surface area contributed by atoms with Crippen LogP contribution < -0.4 is 0 Å². The molecule has 0 aromatic rings. The molecule has 0 nitrogen and oxygen atoms in total. The van der Waals surface area contributed by atoms with Crippen LogP contribution in [-0.4, -0.2) is 0 Å². The molecule has 0 N–H and O–H groups in total. The monoisotopic (exact) mass is 298 g/mol. The fourth-order valence-corrected chi connectivity index (χ4v) is 2.22. The van der Waals surface area contributed by atoms with Crippen LogP contribution in [0.3, 0.4) is 0 Å². The molecule has 0 aliphatic carbocycles. The summed E-state index contributed by atoms with van der Waals surface area (Å²) in [5, 5.41) is 0. The van der Waals surface area contributed by atoms with Gasteiger partial charge < -0.3 is 0 Å². The molecule has 122 valence electrons. The van der Waals surface area contributed by atoms with Crippen molar-refractivity contribution in [2.75, 3.05) is 0 Å². The average Bonchev–Trinajstić information content (AvgIpc) is 2.44. The highest BCUT2D eigenvalue weighted by Crippen LogP contribution is 2.13. The topological polar surface area (TPSA) is 0 Å². The Morgan fingerprint density at radius 2 is 1.09 bits per heavy atom. The first-order valence-electron chi connectivity index (χ1n) is 8.49. The summed E-state index contributed by atoms with van der Waals surface area (Å²) in [7, 11) is 0. The van der Waals surface area contributed by atoms with Gasteiger partial charge in [0.1, 0.15) is 0 Å². The maximum absolute atomic E-state index is 5.26. The molecule has 0 rings (SSSR count). The van der Waals surface area contributed by atoms with Crippen LogP contribution in [0.15, 0.2) is 46.6 Å². The second-order valence-electron chi connectivity index (χ2n) is 6.46. The quantitative estimate of drug-likeness (QED) is 0.296. The molecule has 0 saturated heterocycles. The van der Waals surface area contributed by atoms with E-state index in [1.165, 1.54) is 41.6 Å². The predicted octanol–water partition coefficient (Wildman–Crippen LogP) is 7.16. The van der Waals surface area contributed by atoms with Crippen LogP contribution in [0.1, 0.15) is 79.6 Å². The van der Waals surface area contributed by atoms with Gasteiger partial charge in [0.05, 0.1) is 0 Å². The van der Waals surface area contributed by atoms with Gasteiger partial charge in [-0.15, -0.1) is 12.3 Å². The first-order valence-corrected chi connectivity index (χ1v) is 8.49. The summed E-state index contributed by atoms with van der Waals surface area (Å²) < 4.78 is 0. The molecule has 0 aliphatic heterocycles. The van der Waals surface area contributed by atoms with Crippen molar-refractivity contribution in [1.82, 2.24) is 0 Å². The molecule has 0 aliphatic rings. The third-order valence-electron chi connectivity index (χ3n) is 3.72. The van der Waals surface area contributed by atoms with Crippen LogP contribution in [0.2, 0.25) is 0 Å². The molecule has 0 aromatic heterocycles. The lowest BCUT2D eigenvalue weighted by molar-refractivity contribution is 0.899. The number of hydrogen-bond acceptors (Lipinski definition) is 0. The van der Waals surface area contributed by atoms with E-state index in [0.717, 1.165) is 25.7 Å². The Morgan fingerprint density at radius 3 is 1.50 bits per heavy atom. The van der Waals surface area contributed by atoms with Crippen molar-refractivity contribution in [1.29, 1.82) is 0 Å². The molecular formula is C22H34. The van der Waals surface area contributed by atoms with Gasteiger partial charge in [-0.25, -0.2) is 0 Å². The lowest BCUT2D eigenvalue weighted by atomic mass is 10.0. The summed E-state index contributed by atoms with van der Waals surface area (Å²) in [5.74, 6) is 2.65. The lowest BCUT2D eigenvalue weighted by Crippen LogP contribution is -1.82. The maximum Gasteiger partial charge on any atom is 0.0269 e. The summed E-state index contributed by atoms with van der Waals surface area (Å²) in [6.07, 6.45) is 22.2. The largest absolute Gasteiger partial charge is 0.120 e. The first-order chi connectivity index (χ1) is 10.5. The standard InChI is InChI=1S/C22H34/c1-7-8-13-20(4)15-10-17-22(6)18-11-16-21(5)14-9-12-19(2)3/h1,12-13,16-17H,8-11,14-15,18H2,2-6H3/b20-13+,21-16+,22-17+. The third kappa shape index (κ3) is 13.5. The fraction of sp³-hybridized carbons (Fsp3) is 0.545. The number of rotatable bonds is 10. The fourth-order valence-electron chi connectivity index (χ4n) is 2.22. The van der Waals surface area contributed by atoms with Crippen molar-refractivity contribution in [3.05, 3.63) is 46.6 Å². The highest BCUT2D eigenvalue weighted by Gasteiger charge is 1.93. The molecule has 0 unspecified atom stereocenters. The molecule has 22 heavy (non-hydrogen) atoms. The predicted molar refractivity (Wildman–Crippen MR) is 102 cm³/mol. The summed E-state index contributed by atoms with van der Waals surface area (Å²) in [4.78, 5) is 0. The van der Waals surface area contributed by atoms with Crippen LogP contribution in [0, 0.1) is 12.3 Å². The van der Waals surface area contributed by atoms with E-state index in [1.807, 2.05) is 0 Å². The van der Waals surface area contributed by atoms with E-state index >= 15 is 0 Å². The van der Waals surface area contributed by atoms with Gasteiger partial charge in [0.15, 0.2) is 0 Å². The van der Waals surface area contributed by atoms with Gasteiger partial charge in [-0.05, 0) is 73.1 Å². The zero-order valence-electron chi connectivity index (χ0n) is 15.3. The molecule has 0 spiro atoms. The van der Waals surface area contributed by atoms with Crippen LogP contribution in [0.5, 0.6) is 0 Å². The minimum absolute atomic E-state index is 0.755. The average molecular weight is 299 g/mol. The molecule has 0 aromatic carbocycles. The van der Waals surface area contributed by atoms with Gasteiger partial charge in [-0.2, -0.15) is 0 Å². The van der Waals surface area contributed by atoms with Gasteiger partial charge in [-0.3, -0.25) is 0 Å². The number of allylic oxidation sites excluding steroid dienone is 8. The Labute approximate surface area is 139 Å².